The van der Waals surface area contributed by atoms with Crippen LogP contribution in [0.2, 0.25) is 0 Å². The molecule has 0 aromatic heterocycles. The molecule has 1 atom stereocenters. The quantitative estimate of drug-likeness (QED) is 0.805. The number of nitrogens with zero attached hydrogens (tertiary/aromatic N) is 1. The number of carbonyl (C=O) groups is 1. The van der Waals surface area contributed by atoms with Gasteiger partial charge in [-0.25, -0.2) is 4.39 Å². The van der Waals surface area contributed by atoms with Crippen LogP contribution in [0.1, 0.15) is 56.9 Å². The zero-order valence-electron chi connectivity index (χ0n) is 14.8. The van der Waals surface area contributed by atoms with Crippen LogP contribution in [0.5, 0.6) is 0 Å². The molecule has 1 aliphatic carbocycles. The molecule has 1 saturated carbocycles. The van der Waals surface area contributed by atoms with Gasteiger partial charge in [-0.2, -0.15) is 0 Å². The lowest BCUT2D eigenvalue weighted by Crippen LogP contribution is -2.58. The third-order valence-electron chi connectivity index (χ3n) is 5.53. The molecule has 1 unspecified atom stereocenters. The number of aliphatic hydroxyl groups is 1. The maximum absolute atomic E-state index is 13.0. The number of carbonyl (C=O) groups excluding carboxylic acids is 1. The lowest BCUT2D eigenvalue weighted by Gasteiger charge is -2.39. The van der Waals surface area contributed by atoms with Crippen LogP contribution in [0.25, 0.3) is 0 Å². The van der Waals surface area contributed by atoms with Gasteiger partial charge in [0.05, 0.1) is 0 Å². The molecule has 1 heterocycles. The van der Waals surface area contributed by atoms with Gasteiger partial charge in [0.25, 0.3) is 5.91 Å². The first-order chi connectivity index (χ1) is 12.1. The number of halogens is 1. The van der Waals surface area contributed by atoms with E-state index in [1.54, 1.807) is 17.0 Å². The predicted octanol–water partition coefficient (Wildman–Crippen LogP) is 2.99. The van der Waals surface area contributed by atoms with Gasteiger partial charge in [-0.3, -0.25) is 4.79 Å². The van der Waals surface area contributed by atoms with Crippen molar-refractivity contribution in [1.29, 1.82) is 0 Å². The Balaban J connectivity index is 1.58. The van der Waals surface area contributed by atoms with E-state index in [4.69, 9.17) is 0 Å². The summed E-state index contributed by atoms with van der Waals surface area (Å²) >= 11 is 0. The highest BCUT2D eigenvalue weighted by molar-refractivity contribution is 5.86. The summed E-state index contributed by atoms with van der Waals surface area (Å²) < 4.78 is 13.0. The number of hydrogen-bond acceptors (Lipinski definition) is 3. The molecule has 0 radical (unpaired) electrons. The minimum absolute atomic E-state index is 0.204. The molecule has 1 aliphatic heterocycles. The molecule has 4 nitrogen and oxygen atoms in total. The van der Waals surface area contributed by atoms with Crippen LogP contribution in [-0.2, 0) is 11.3 Å². The van der Waals surface area contributed by atoms with Crippen molar-refractivity contribution >= 4 is 5.91 Å². The van der Waals surface area contributed by atoms with Crippen molar-refractivity contribution in [3.05, 3.63) is 35.6 Å². The lowest BCUT2D eigenvalue weighted by atomic mass is 9.90. The average molecular weight is 348 g/mol. The molecule has 1 saturated heterocycles. The highest BCUT2D eigenvalue weighted by atomic mass is 19.1. The largest absolute Gasteiger partial charge is 0.379 e. The van der Waals surface area contributed by atoms with Crippen LogP contribution in [0.4, 0.5) is 4.39 Å². The molecular weight excluding hydrogens is 319 g/mol. The molecule has 1 aromatic rings. The molecule has 3 rings (SSSR count). The van der Waals surface area contributed by atoms with E-state index >= 15 is 0 Å². The van der Waals surface area contributed by atoms with Gasteiger partial charge >= 0.3 is 0 Å². The van der Waals surface area contributed by atoms with Gasteiger partial charge < -0.3 is 15.3 Å². The van der Waals surface area contributed by atoms with Gasteiger partial charge in [0.15, 0.2) is 5.60 Å². The van der Waals surface area contributed by atoms with E-state index in [1.165, 1.54) is 37.8 Å². The van der Waals surface area contributed by atoms with Gasteiger partial charge in [-0.05, 0) is 43.4 Å². The second kappa shape index (κ2) is 8.28. The summed E-state index contributed by atoms with van der Waals surface area (Å²) in [6, 6.07) is 6.61. The maximum Gasteiger partial charge on any atom is 0.256 e. The summed E-state index contributed by atoms with van der Waals surface area (Å²) in [7, 11) is 0. The predicted molar refractivity (Wildman–Crippen MR) is 95.5 cm³/mol. The topological polar surface area (TPSA) is 52.6 Å². The molecule has 2 N–H and O–H groups in total. The van der Waals surface area contributed by atoms with Crippen LogP contribution in [0.3, 0.4) is 0 Å². The smallest absolute Gasteiger partial charge is 0.256 e. The van der Waals surface area contributed by atoms with Crippen LogP contribution in [0.15, 0.2) is 24.3 Å². The van der Waals surface area contributed by atoms with Crippen molar-refractivity contribution in [2.24, 2.45) is 0 Å². The molecular formula is C20H29FN2O2. The Morgan fingerprint density at radius 3 is 2.48 bits per heavy atom. The van der Waals surface area contributed by atoms with Gasteiger partial charge in [-0.1, -0.05) is 37.8 Å². The summed E-state index contributed by atoms with van der Waals surface area (Å²) in [4.78, 5) is 14.5. The van der Waals surface area contributed by atoms with Crippen molar-refractivity contribution in [2.45, 2.75) is 69.6 Å². The van der Waals surface area contributed by atoms with E-state index in [-0.39, 0.29) is 11.7 Å². The van der Waals surface area contributed by atoms with E-state index in [0.717, 1.165) is 24.8 Å². The minimum Gasteiger partial charge on any atom is -0.379 e. The molecule has 0 bridgehead atoms. The Morgan fingerprint density at radius 2 is 1.80 bits per heavy atom. The van der Waals surface area contributed by atoms with Gasteiger partial charge in [-0.15, -0.1) is 0 Å². The van der Waals surface area contributed by atoms with Crippen LogP contribution >= 0.6 is 0 Å². The molecule has 0 spiro atoms. The van der Waals surface area contributed by atoms with Gasteiger partial charge in [0.2, 0.25) is 0 Å². The van der Waals surface area contributed by atoms with Crippen molar-refractivity contribution in [3.63, 3.8) is 0 Å². The first-order valence-corrected chi connectivity index (χ1v) is 9.56. The Labute approximate surface area is 149 Å². The van der Waals surface area contributed by atoms with E-state index in [2.05, 4.69) is 5.32 Å². The van der Waals surface area contributed by atoms with Crippen LogP contribution in [-0.4, -0.2) is 40.6 Å². The number of likely N-dealkylation sites (tertiary alicyclic amines) is 1. The third kappa shape index (κ3) is 4.79. The van der Waals surface area contributed by atoms with E-state index < -0.39 is 5.60 Å². The molecule has 2 fully saturated rings. The summed E-state index contributed by atoms with van der Waals surface area (Å²) in [5, 5.41) is 14.4. The fraction of sp³-hybridized carbons (Fsp3) is 0.650. The van der Waals surface area contributed by atoms with Gasteiger partial charge in [0.1, 0.15) is 5.82 Å². The van der Waals surface area contributed by atoms with E-state index in [1.807, 2.05) is 0 Å². The summed E-state index contributed by atoms with van der Waals surface area (Å²) in [6.45, 7) is 1.39. The zero-order chi connectivity index (χ0) is 17.7. The first kappa shape index (κ1) is 18.3. The Morgan fingerprint density at radius 1 is 1.12 bits per heavy atom. The van der Waals surface area contributed by atoms with Crippen molar-refractivity contribution in [2.75, 3.05) is 13.1 Å². The Hall–Kier alpha value is -1.46. The second-order valence-corrected chi connectivity index (χ2v) is 7.56. The van der Waals surface area contributed by atoms with Crippen molar-refractivity contribution in [3.8, 4) is 0 Å². The number of amides is 1. The van der Waals surface area contributed by atoms with Crippen molar-refractivity contribution in [1.82, 2.24) is 10.2 Å². The molecule has 2 aliphatic rings. The highest BCUT2D eigenvalue weighted by Gasteiger charge is 2.42. The van der Waals surface area contributed by atoms with E-state index in [9.17, 15) is 14.3 Å². The van der Waals surface area contributed by atoms with Gasteiger partial charge in [0, 0.05) is 25.7 Å². The standard InChI is InChI=1S/C20H29FN2O2/c21-17-10-8-16(9-11-17)14-23-13-5-12-20(25,19(23)24)15-22-18-6-3-1-2-4-7-18/h8-11,18,22,25H,1-7,12-15H2. The lowest BCUT2D eigenvalue weighted by molar-refractivity contribution is -0.157. The average Bonchev–Trinajstić information content (AvgIpc) is 2.88. The monoisotopic (exact) mass is 348 g/mol. The highest BCUT2D eigenvalue weighted by Crippen LogP contribution is 2.25. The molecule has 25 heavy (non-hydrogen) atoms. The third-order valence-corrected chi connectivity index (χ3v) is 5.53. The van der Waals surface area contributed by atoms with Crippen LogP contribution in [0, 0.1) is 5.82 Å². The molecule has 138 valence electrons. The minimum atomic E-state index is -1.31. The van der Waals surface area contributed by atoms with E-state index in [0.29, 0.717) is 32.1 Å². The summed E-state index contributed by atoms with van der Waals surface area (Å²) in [6.07, 6.45) is 8.56. The first-order valence-electron chi connectivity index (χ1n) is 9.56. The van der Waals surface area contributed by atoms with Crippen molar-refractivity contribution < 1.29 is 14.3 Å². The zero-order valence-corrected chi connectivity index (χ0v) is 14.8. The fourth-order valence-corrected chi connectivity index (χ4v) is 3.99. The number of hydrogen-bond donors (Lipinski definition) is 2. The number of nitrogens with one attached hydrogen (secondary N) is 1. The van der Waals surface area contributed by atoms with Crippen LogP contribution < -0.4 is 5.32 Å². The summed E-state index contributed by atoms with van der Waals surface area (Å²) in [5.41, 5.74) is -0.430. The Kier molecular flexibility index (Phi) is 6.07. The maximum atomic E-state index is 13.0. The number of piperidine rings is 1. The second-order valence-electron chi connectivity index (χ2n) is 7.56. The molecule has 5 heteroatoms. The normalized spacial score (nSPS) is 25.8. The Bertz CT molecular complexity index is 570. The number of benzene rings is 1. The summed E-state index contributed by atoms with van der Waals surface area (Å²) in [5.74, 6) is -0.484. The molecule has 1 amide bonds. The SMILES string of the molecule is O=C1N(Cc2ccc(F)cc2)CCCC1(O)CNC1CCCCCC1. The fourth-order valence-electron chi connectivity index (χ4n) is 3.99. The number of rotatable bonds is 5. The molecule has 1 aromatic carbocycles.